The molecule has 0 spiro atoms. The summed E-state index contributed by atoms with van der Waals surface area (Å²) >= 11 is 7.36. The van der Waals surface area contributed by atoms with Crippen LogP contribution in [0, 0.1) is 6.92 Å². The highest BCUT2D eigenvalue weighted by atomic mass is 35.5. The molecule has 0 aliphatic heterocycles. The van der Waals surface area contributed by atoms with Gasteiger partial charge in [0.1, 0.15) is 5.75 Å². The molecular weight excluding hydrogens is 416 g/mol. The lowest BCUT2D eigenvalue weighted by Crippen LogP contribution is -2.40. The smallest absolute Gasteiger partial charge is 0.316 e. The van der Waals surface area contributed by atoms with E-state index in [0.29, 0.717) is 16.6 Å². The zero-order valence-electron chi connectivity index (χ0n) is 15.8. The van der Waals surface area contributed by atoms with E-state index in [1.807, 2.05) is 24.4 Å². The minimum Gasteiger partial charge on any atom is -0.481 e. The summed E-state index contributed by atoms with van der Waals surface area (Å²) in [5, 5.41) is 11.6. The first-order valence-electron chi connectivity index (χ1n) is 8.80. The van der Waals surface area contributed by atoms with Crippen LogP contribution < -0.4 is 15.4 Å². The van der Waals surface area contributed by atoms with Crippen LogP contribution in [0.25, 0.3) is 10.7 Å². The van der Waals surface area contributed by atoms with Crippen molar-refractivity contribution in [3.05, 3.63) is 52.2 Å². The fourth-order valence-corrected chi connectivity index (χ4v) is 3.27. The van der Waals surface area contributed by atoms with Gasteiger partial charge in [0.05, 0.1) is 4.88 Å². The van der Waals surface area contributed by atoms with Crippen molar-refractivity contribution >= 4 is 34.8 Å². The quantitative estimate of drug-likeness (QED) is 0.528. The van der Waals surface area contributed by atoms with Gasteiger partial charge < -0.3 is 19.9 Å². The average molecular weight is 435 g/mol. The minimum absolute atomic E-state index is 0.130. The second-order valence-electron chi connectivity index (χ2n) is 6.12. The number of amides is 2. The first-order chi connectivity index (χ1) is 13.9. The van der Waals surface area contributed by atoms with E-state index in [-0.39, 0.29) is 24.9 Å². The Kier molecular flexibility index (Phi) is 6.84. The number of aromatic nitrogens is 2. The van der Waals surface area contributed by atoms with Crippen molar-refractivity contribution in [2.75, 3.05) is 13.1 Å². The first-order valence-corrected chi connectivity index (χ1v) is 10.1. The van der Waals surface area contributed by atoms with Crippen molar-refractivity contribution in [2.45, 2.75) is 20.0 Å². The molecule has 2 heterocycles. The Hall–Kier alpha value is -2.91. The van der Waals surface area contributed by atoms with Gasteiger partial charge in [-0.2, -0.15) is 4.98 Å². The van der Waals surface area contributed by atoms with E-state index >= 15 is 0 Å². The Labute approximate surface area is 176 Å². The van der Waals surface area contributed by atoms with Gasteiger partial charge in [-0.25, -0.2) is 0 Å². The number of nitrogens with zero attached hydrogens (tertiary/aromatic N) is 2. The largest absolute Gasteiger partial charge is 0.481 e. The van der Waals surface area contributed by atoms with Crippen LogP contribution in [0.3, 0.4) is 0 Å². The fraction of sp³-hybridized carbons (Fsp3) is 0.263. The Balaban J connectivity index is 1.41. The third kappa shape index (κ3) is 5.55. The zero-order chi connectivity index (χ0) is 20.8. The number of benzene rings is 1. The maximum absolute atomic E-state index is 12.2. The van der Waals surface area contributed by atoms with Gasteiger partial charge in [0.2, 0.25) is 5.82 Å². The molecule has 2 amide bonds. The van der Waals surface area contributed by atoms with Gasteiger partial charge in [-0.1, -0.05) is 22.8 Å². The van der Waals surface area contributed by atoms with E-state index in [2.05, 4.69) is 20.8 Å². The van der Waals surface area contributed by atoms with Crippen molar-refractivity contribution in [3.63, 3.8) is 0 Å². The maximum Gasteiger partial charge on any atom is 0.316 e. The van der Waals surface area contributed by atoms with E-state index in [4.69, 9.17) is 20.9 Å². The topological polar surface area (TPSA) is 106 Å². The monoisotopic (exact) mass is 434 g/mol. The van der Waals surface area contributed by atoms with Crippen molar-refractivity contribution in [2.24, 2.45) is 0 Å². The van der Waals surface area contributed by atoms with Crippen LogP contribution in [0.4, 0.5) is 0 Å². The summed E-state index contributed by atoms with van der Waals surface area (Å²) in [6, 6.07) is 8.87. The molecule has 3 rings (SSSR count). The number of halogens is 1. The first kappa shape index (κ1) is 20.8. The van der Waals surface area contributed by atoms with Crippen LogP contribution in [-0.4, -0.2) is 41.1 Å². The predicted molar refractivity (Wildman–Crippen MR) is 109 cm³/mol. The predicted octanol–water partition coefficient (Wildman–Crippen LogP) is 3.07. The molecule has 0 bridgehead atoms. The van der Waals surface area contributed by atoms with Crippen LogP contribution in [0.2, 0.25) is 5.02 Å². The van der Waals surface area contributed by atoms with Crippen molar-refractivity contribution in [1.29, 1.82) is 0 Å². The second kappa shape index (κ2) is 9.53. The van der Waals surface area contributed by atoms with E-state index in [1.165, 1.54) is 11.3 Å². The van der Waals surface area contributed by atoms with Gasteiger partial charge in [0.15, 0.2) is 6.10 Å². The van der Waals surface area contributed by atoms with Crippen LogP contribution in [0.1, 0.15) is 23.2 Å². The summed E-state index contributed by atoms with van der Waals surface area (Å²) in [5.74, 6) is 0.0156. The fourth-order valence-electron chi connectivity index (χ4n) is 2.39. The molecule has 2 aromatic heterocycles. The molecule has 0 aliphatic rings. The summed E-state index contributed by atoms with van der Waals surface area (Å²) in [6.45, 7) is 3.92. The SMILES string of the molecule is Cc1cc(Cl)ccc1OC(C)C(=O)NCCNC(=O)c1nc(-c2cccs2)no1. The highest BCUT2D eigenvalue weighted by Gasteiger charge is 2.18. The van der Waals surface area contributed by atoms with Crippen molar-refractivity contribution in [3.8, 4) is 16.5 Å². The minimum atomic E-state index is -0.699. The summed E-state index contributed by atoms with van der Waals surface area (Å²) in [5.41, 5.74) is 0.839. The number of hydrogen-bond donors (Lipinski definition) is 2. The molecule has 0 fully saturated rings. The molecule has 1 unspecified atom stereocenters. The molecule has 0 aliphatic carbocycles. The molecule has 2 N–H and O–H groups in total. The molecule has 29 heavy (non-hydrogen) atoms. The number of rotatable bonds is 8. The van der Waals surface area contributed by atoms with Gasteiger partial charge in [-0.05, 0) is 49.1 Å². The normalized spacial score (nSPS) is 11.7. The number of carbonyl (C=O) groups is 2. The molecule has 10 heteroatoms. The average Bonchev–Trinajstić information content (AvgIpc) is 3.38. The Morgan fingerprint density at radius 2 is 2.07 bits per heavy atom. The maximum atomic E-state index is 12.2. The molecule has 8 nitrogen and oxygen atoms in total. The van der Waals surface area contributed by atoms with E-state index in [1.54, 1.807) is 25.1 Å². The molecule has 0 saturated carbocycles. The summed E-state index contributed by atoms with van der Waals surface area (Å²) in [7, 11) is 0. The van der Waals surface area contributed by atoms with Crippen LogP contribution in [-0.2, 0) is 4.79 Å². The van der Waals surface area contributed by atoms with Gasteiger partial charge in [0.25, 0.3) is 5.91 Å². The molecule has 1 aromatic carbocycles. The van der Waals surface area contributed by atoms with Gasteiger partial charge in [0, 0.05) is 18.1 Å². The standard InChI is InChI=1S/C19H19ClN4O4S/c1-11-10-13(20)5-6-14(11)27-12(2)17(25)21-7-8-22-18(26)19-23-16(24-28-19)15-4-3-9-29-15/h3-6,9-10,12H,7-8H2,1-2H3,(H,21,25)(H,22,26). The number of carbonyl (C=O) groups excluding carboxylic acids is 2. The molecule has 152 valence electrons. The number of ether oxygens (including phenoxy) is 1. The number of thiophene rings is 1. The molecule has 3 aromatic rings. The summed E-state index contributed by atoms with van der Waals surface area (Å²) in [6.07, 6.45) is -0.699. The molecule has 0 radical (unpaired) electrons. The Bertz CT molecular complexity index is 990. The lowest BCUT2D eigenvalue weighted by Gasteiger charge is -2.16. The van der Waals surface area contributed by atoms with Crippen molar-refractivity contribution in [1.82, 2.24) is 20.8 Å². The van der Waals surface area contributed by atoms with E-state index in [9.17, 15) is 9.59 Å². The number of aryl methyl sites for hydroxylation is 1. The van der Waals surface area contributed by atoms with Crippen LogP contribution in [0.5, 0.6) is 5.75 Å². The molecule has 0 saturated heterocycles. The third-order valence-electron chi connectivity index (χ3n) is 3.88. The Morgan fingerprint density at radius 1 is 1.28 bits per heavy atom. The van der Waals surface area contributed by atoms with Gasteiger partial charge in [-0.15, -0.1) is 11.3 Å². The van der Waals surface area contributed by atoms with Crippen molar-refractivity contribution < 1.29 is 18.8 Å². The highest BCUT2D eigenvalue weighted by Crippen LogP contribution is 2.23. The lowest BCUT2D eigenvalue weighted by atomic mass is 10.2. The van der Waals surface area contributed by atoms with Gasteiger partial charge >= 0.3 is 11.8 Å². The lowest BCUT2D eigenvalue weighted by molar-refractivity contribution is -0.127. The third-order valence-corrected chi connectivity index (χ3v) is 4.98. The molecule has 1 atom stereocenters. The van der Waals surface area contributed by atoms with E-state index < -0.39 is 12.0 Å². The van der Waals surface area contributed by atoms with Crippen LogP contribution in [0.15, 0.2) is 40.2 Å². The molecular formula is C19H19ClN4O4S. The second-order valence-corrected chi connectivity index (χ2v) is 7.50. The number of nitrogens with one attached hydrogen (secondary N) is 2. The Morgan fingerprint density at radius 3 is 2.79 bits per heavy atom. The zero-order valence-corrected chi connectivity index (χ0v) is 17.3. The van der Waals surface area contributed by atoms with Crippen LogP contribution >= 0.6 is 22.9 Å². The number of hydrogen-bond acceptors (Lipinski definition) is 7. The van der Waals surface area contributed by atoms with Gasteiger partial charge in [-0.3, -0.25) is 9.59 Å². The van der Waals surface area contributed by atoms with E-state index in [0.717, 1.165) is 10.4 Å². The highest BCUT2D eigenvalue weighted by molar-refractivity contribution is 7.13. The summed E-state index contributed by atoms with van der Waals surface area (Å²) < 4.78 is 10.6. The summed E-state index contributed by atoms with van der Waals surface area (Å²) in [4.78, 5) is 29.1.